The number of fused-ring (bicyclic) bond motifs is 1. The predicted molar refractivity (Wildman–Crippen MR) is 77.7 cm³/mol. The van der Waals surface area contributed by atoms with Crippen LogP contribution in [0.2, 0.25) is 0 Å². The fourth-order valence-corrected chi connectivity index (χ4v) is 2.17. The molecule has 0 radical (unpaired) electrons. The second-order valence-corrected chi connectivity index (χ2v) is 5.94. The Morgan fingerprint density at radius 3 is 2.61 bits per heavy atom. The highest BCUT2D eigenvalue weighted by molar-refractivity contribution is 5.87. The highest BCUT2D eigenvalue weighted by Gasteiger charge is 2.23. The molecule has 2 aromatic rings. The highest BCUT2D eigenvalue weighted by atomic mass is 15.1. The maximum atomic E-state index is 6.01. The normalized spacial score (nSPS) is 12.0. The van der Waals surface area contributed by atoms with E-state index in [9.17, 15) is 0 Å². The van der Waals surface area contributed by atoms with Crippen molar-refractivity contribution in [2.75, 3.05) is 5.73 Å². The molecule has 0 aliphatic carbocycles. The van der Waals surface area contributed by atoms with Gasteiger partial charge in [-0.3, -0.25) is 0 Å². The first-order valence-electron chi connectivity index (χ1n) is 6.20. The molecule has 0 unspecified atom stereocenters. The molecule has 1 heterocycles. The van der Waals surface area contributed by atoms with E-state index in [0.29, 0.717) is 0 Å². The summed E-state index contributed by atoms with van der Waals surface area (Å²) in [6.45, 7) is 13.3. The van der Waals surface area contributed by atoms with Gasteiger partial charge in [-0.05, 0) is 19.1 Å². The van der Waals surface area contributed by atoms with Gasteiger partial charge in [0.25, 0.3) is 0 Å². The largest absolute Gasteiger partial charge is 0.397 e. The lowest BCUT2D eigenvalue weighted by molar-refractivity contribution is 0.515. The third-order valence-corrected chi connectivity index (χ3v) is 2.91. The number of benzene rings is 1. The molecule has 2 N–H and O–H groups in total. The van der Waals surface area contributed by atoms with E-state index in [2.05, 4.69) is 38.0 Å². The van der Waals surface area contributed by atoms with E-state index < -0.39 is 0 Å². The van der Waals surface area contributed by atoms with Crippen molar-refractivity contribution in [2.45, 2.75) is 39.7 Å². The number of nitrogens with two attached hydrogens (primary N) is 1. The monoisotopic (exact) mass is 243 g/mol. The summed E-state index contributed by atoms with van der Waals surface area (Å²) in [7, 11) is 0. The van der Waals surface area contributed by atoms with Gasteiger partial charge in [-0.25, -0.2) is 4.98 Å². The van der Waals surface area contributed by atoms with Gasteiger partial charge in [-0.15, -0.1) is 0 Å². The van der Waals surface area contributed by atoms with Crippen LogP contribution in [0.4, 0.5) is 5.69 Å². The van der Waals surface area contributed by atoms with E-state index in [-0.39, 0.29) is 5.41 Å². The molecule has 0 aliphatic rings. The van der Waals surface area contributed by atoms with E-state index in [4.69, 9.17) is 10.7 Å². The van der Waals surface area contributed by atoms with Crippen LogP contribution in [0.25, 0.3) is 11.0 Å². The first-order chi connectivity index (χ1) is 8.30. The quantitative estimate of drug-likeness (QED) is 0.648. The number of nitrogen functional groups attached to an aromatic ring is 1. The van der Waals surface area contributed by atoms with Gasteiger partial charge in [0, 0.05) is 12.0 Å². The molecule has 18 heavy (non-hydrogen) atoms. The topological polar surface area (TPSA) is 43.8 Å². The minimum absolute atomic E-state index is 0.0130. The summed E-state index contributed by atoms with van der Waals surface area (Å²) in [5, 5.41) is 0. The van der Waals surface area contributed by atoms with Gasteiger partial charge >= 0.3 is 0 Å². The summed E-state index contributed by atoms with van der Waals surface area (Å²) in [6.07, 6.45) is 0. The van der Waals surface area contributed by atoms with Crippen LogP contribution in [0.15, 0.2) is 30.4 Å². The van der Waals surface area contributed by atoms with Gasteiger partial charge in [0.1, 0.15) is 11.3 Å². The predicted octanol–water partition coefficient (Wildman–Crippen LogP) is 3.49. The number of rotatable bonds is 2. The summed E-state index contributed by atoms with van der Waals surface area (Å²) < 4.78 is 2.22. The summed E-state index contributed by atoms with van der Waals surface area (Å²) >= 11 is 0. The Balaban J connectivity index is 2.76. The lowest BCUT2D eigenvalue weighted by Crippen LogP contribution is -2.19. The number of allylic oxidation sites excluding steroid dienone is 1. The molecule has 0 spiro atoms. The second kappa shape index (κ2) is 4.16. The van der Waals surface area contributed by atoms with Crippen molar-refractivity contribution in [2.24, 2.45) is 0 Å². The molecule has 2 rings (SSSR count). The molecule has 0 bridgehead atoms. The molecule has 0 amide bonds. The Hall–Kier alpha value is -1.77. The number of hydrogen-bond acceptors (Lipinski definition) is 2. The van der Waals surface area contributed by atoms with E-state index in [1.165, 1.54) is 0 Å². The summed E-state index contributed by atoms with van der Waals surface area (Å²) in [6, 6.07) is 5.93. The summed E-state index contributed by atoms with van der Waals surface area (Å²) in [5.74, 6) is 1.05. The number of anilines is 1. The van der Waals surface area contributed by atoms with Crippen molar-refractivity contribution in [3.8, 4) is 0 Å². The number of hydrogen-bond donors (Lipinski definition) is 1. The Morgan fingerprint density at radius 1 is 1.39 bits per heavy atom. The van der Waals surface area contributed by atoms with Gasteiger partial charge < -0.3 is 10.3 Å². The molecule has 3 heteroatoms. The fraction of sp³-hybridized carbons (Fsp3) is 0.400. The SMILES string of the molecule is C=C(C)Cn1c(C(C)(C)C)nc2c(N)cccc21. The van der Waals surface area contributed by atoms with Crippen LogP contribution in [-0.4, -0.2) is 9.55 Å². The summed E-state index contributed by atoms with van der Waals surface area (Å²) in [5.41, 5.74) is 9.83. The van der Waals surface area contributed by atoms with Crippen molar-refractivity contribution in [3.05, 3.63) is 36.2 Å². The van der Waals surface area contributed by atoms with E-state index in [1.807, 2.05) is 19.1 Å². The Kier molecular flexibility index (Phi) is 2.93. The van der Waals surface area contributed by atoms with E-state index in [0.717, 1.165) is 34.7 Å². The van der Waals surface area contributed by atoms with Crippen LogP contribution in [0, 0.1) is 0 Å². The second-order valence-electron chi connectivity index (χ2n) is 5.94. The zero-order chi connectivity index (χ0) is 13.5. The molecule has 3 nitrogen and oxygen atoms in total. The van der Waals surface area contributed by atoms with Crippen LogP contribution < -0.4 is 5.73 Å². The molecule has 0 saturated heterocycles. The van der Waals surface area contributed by atoms with Crippen LogP contribution in [0.1, 0.15) is 33.5 Å². The Bertz CT molecular complexity index is 600. The van der Waals surface area contributed by atoms with Crippen molar-refractivity contribution in [1.29, 1.82) is 0 Å². The smallest absolute Gasteiger partial charge is 0.115 e. The maximum absolute atomic E-state index is 6.01. The minimum atomic E-state index is -0.0130. The van der Waals surface area contributed by atoms with Crippen molar-refractivity contribution >= 4 is 16.7 Å². The molecule has 1 aromatic heterocycles. The molecular weight excluding hydrogens is 222 g/mol. The third kappa shape index (κ3) is 2.13. The maximum Gasteiger partial charge on any atom is 0.115 e. The third-order valence-electron chi connectivity index (χ3n) is 2.91. The number of nitrogens with zero attached hydrogens (tertiary/aromatic N) is 2. The molecule has 1 aromatic carbocycles. The van der Waals surface area contributed by atoms with Crippen LogP contribution in [-0.2, 0) is 12.0 Å². The number of para-hydroxylation sites is 1. The highest BCUT2D eigenvalue weighted by Crippen LogP contribution is 2.29. The van der Waals surface area contributed by atoms with E-state index in [1.54, 1.807) is 0 Å². The average molecular weight is 243 g/mol. The van der Waals surface area contributed by atoms with Gasteiger partial charge in [-0.2, -0.15) is 0 Å². The zero-order valence-electron chi connectivity index (χ0n) is 11.6. The van der Waals surface area contributed by atoms with Crippen LogP contribution >= 0.6 is 0 Å². The first kappa shape index (κ1) is 12.7. The first-order valence-corrected chi connectivity index (χ1v) is 6.20. The molecule has 0 atom stereocenters. The van der Waals surface area contributed by atoms with Gasteiger partial charge in [0.2, 0.25) is 0 Å². The average Bonchev–Trinajstić information content (AvgIpc) is 2.57. The van der Waals surface area contributed by atoms with Gasteiger partial charge in [0.05, 0.1) is 11.2 Å². The Labute approximate surface area is 108 Å². The lowest BCUT2D eigenvalue weighted by Gasteiger charge is -2.20. The number of imidazole rings is 1. The van der Waals surface area contributed by atoms with Gasteiger partial charge in [0.15, 0.2) is 0 Å². The van der Waals surface area contributed by atoms with Crippen molar-refractivity contribution < 1.29 is 0 Å². The van der Waals surface area contributed by atoms with Crippen molar-refractivity contribution in [3.63, 3.8) is 0 Å². The molecule has 96 valence electrons. The Morgan fingerprint density at radius 2 is 2.06 bits per heavy atom. The van der Waals surface area contributed by atoms with Crippen LogP contribution in [0.5, 0.6) is 0 Å². The molecule has 0 saturated carbocycles. The van der Waals surface area contributed by atoms with Crippen molar-refractivity contribution in [1.82, 2.24) is 9.55 Å². The van der Waals surface area contributed by atoms with E-state index >= 15 is 0 Å². The number of aromatic nitrogens is 2. The summed E-state index contributed by atoms with van der Waals surface area (Å²) in [4.78, 5) is 4.73. The molecule has 0 aliphatic heterocycles. The fourth-order valence-electron chi connectivity index (χ4n) is 2.17. The molecular formula is C15H21N3. The molecule has 0 fully saturated rings. The standard InChI is InChI=1S/C15H21N3/c1-10(2)9-18-12-8-6-7-11(16)13(12)17-14(18)15(3,4)5/h6-8H,1,9,16H2,2-5H3. The zero-order valence-corrected chi connectivity index (χ0v) is 11.6. The minimum Gasteiger partial charge on any atom is -0.397 e. The van der Waals surface area contributed by atoms with Gasteiger partial charge in [-0.1, -0.05) is 39.0 Å². The lowest BCUT2D eigenvalue weighted by atomic mass is 9.95. The van der Waals surface area contributed by atoms with Crippen LogP contribution in [0.3, 0.4) is 0 Å².